The summed E-state index contributed by atoms with van der Waals surface area (Å²) in [6.45, 7) is 0. The molecule has 10 rings (SSSR count). The van der Waals surface area contributed by atoms with Crippen LogP contribution in [0.15, 0.2) is 121 Å². The van der Waals surface area contributed by atoms with E-state index in [2.05, 4.69) is 56.3 Å². The number of hydrogen-bond acceptors (Lipinski definition) is 8. The molecule has 0 aliphatic rings. The number of thiophene rings is 2. The van der Waals surface area contributed by atoms with E-state index in [4.69, 9.17) is 56.9 Å². The van der Waals surface area contributed by atoms with Crippen molar-refractivity contribution in [1.29, 1.82) is 10.5 Å². The first-order valence-electron chi connectivity index (χ1n) is 18.6. The zero-order valence-corrected chi connectivity index (χ0v) is 35.9. The van der Waals surface area contributed by atoms with Gasteiger partial charge in [0.1, 0.15) is 23.7 Å². The average molecular weight is 899 g/mol. The largest absolute Gasteiger partial charge is 0.297 e. The lowest BCUT2D eigenvalue weighted by molar-refractivity contribution is 1.00. The number of fused-ring (bicyclic) bond motifs is 6. The van der Waals surface area contributed by atoms with Gasteiger partial charge in [0.05, 0.1) is 78.1 Å². The predicted octanol–water partition coefficient (Wildman–Crippen LogP) is 14.1. The molecule has 8 nitrogen and oxygen atoms in total. The summed E-state index contributed by atoms with van der Waals surface area (Å²) in [4.78, 5) is 20.4. The molecule has 6 aromatic heterocycles. The van der Waals surface area contributed by atoms with Gasteiger partial charge in [-0.15, -0.1) is 22.7 Å². The molecule has 0 unspecified atom stereocenters. The normalized spacial score (nSPS) is 11.2. The monoisotopic (exact) mass is 896 g/mol. The number of imidazole rings is 2. The number of nitrogens with zero attached hydrogens (tertiary/aromatic N) is 8. The molecule has 6 heterocycles. The number of rotatable bonds is 8. The fourth-order valence-electron chi connectivity index (χ4n) is 7.24. The molecule has 292 valence electrons. The van der Waals surface area contributed by atoms with Crippen molar-refractivity contribution in [3.8, 4) is 44.4 Å². The van der Waals surface area contributed by atoms with Crippen LogP contribution in [-0.2, 0) is 12.8 Å². The van der Waals surface area contributed by atoms with Crippen molar-refractivity contribution in [3.05, 3.63) is 152 Å². The van der Waals surface area contributed by atoms with E-state index >= 15 is 0 Å². The molecule has 0 saturated heterocycles. The molecule has 60 heavy (non-hydrogen) atoms. The summed E-state index contributed by atoms with van der Waals surface area (Å²) in [6, 6.07) is 32.2. The summed E-state index contributed by atoms with van der Waals surface area (Å²) in [6.07, 6.45) is 9.32. The summed E-state index contributed by atoms with van der Waals surface area (Å²) >= 11 is 29.7. The van der Waals surface area contributed by atoms with Gasteiger partial charge in [0.25, 0.3) is 0 Å². The Morgan fingerprint density at radius 2 is 0.967 bits per heavy atom. The summed E-state index contributed by atoms with van der Waals surface area (Å²) in [7, 11) is 0. The third kappa shape index (κ3) is 7.59. The van der Waals surface area contributed by atoms with Crippen molar-refractivity contribution in [2.75, 3.05) is 0 Å². The average Bonchev–Trinajstić information content (AvgIpc) is 4.10. The van der Waals surface area contributed by atoms with Gasteiger partial charge < -0.3 is 0 Å². The minimum Gasteiger partial charge on any atom is -0.297 e. The van der Waals surface area contributed by atoms with Crippen LogP contribution in [-0.4, -0.2) is 29.1 Å². The molecule has 0 aliphatic carbocycles. The topological polar surface area (TPSA) is 109 Å². The SMILES string of the molecule is N#CCCc1ccc(-n2cnc3cnc4cc(Cl)c(-c5cccs5)cc4c32)c(Cl)c1.N#CCCc1ccc(-n2cnc3cnc4cc(Cl)c(-c5cccs5)cc4c32)c(Cl)c1. The maximum atomic E-state index is 8.82. The van der Waals surface area contributed by atoms with Crippen molar-refractivity contribution >= 4 is 113 Å². The fraction of sp³-hybridized carbons (Fsp3) is 0.0870. The highest BCUT2D eigenvalue weighted by Crippen LogP contribution is 2.39. The van der Waals surface area contributed by atoms with Gasteiger partial charge in [-0.2, -0.15) is 10.5 Å². The number of aryl methyl sites for hydroxylation is 2. The van der Waals surface area contributed by atoms with Crippen molar-refractivity contribution in [1.82, 2.24) is 29.1 Å². The van der Waals surface area contributed by atoms with E-state index in [1.165, 1.54) is 0 Å². The Balaban J connectivity index is 0.000000154. The number of aromatic nitrogens is 6. The molecule has 0 bridgehead atoms. The number of halogens is 4. The third-order valence-corrected chi connectivity index (χ3v) is 13.1. The maximum absolute atomic E-state index is 8.82. The third-order valence-electron chi connectivity index (χ3n) is 10.1. The molecule has 14 heteroatoms. The quantitative estimate of drug-likeness (QED) is 0.150. The van der Waals surface area contributed by atoms with Gasteiger partial charge in [0.15, 0.2) is 0 Å². The number of benzene rings is 4. The second-order valence-corrected chi connectivity index (χ2v) is 17.3. The zero-order valence-electron chi connectivity index (χ0n) is 31.3. The lowest BCUT2D eigenvalue weighted by Gasteiger charge is -2.11. The Morgan fingerprint density at radius 1 is 0.517 bits per heavy atom. The first-order valence-corrected chi connectivity index (χ1v) is 21.9. The predicted molar refractivity (Wildman–Crippen MR) is 247 cm³/mol. The van der Waals surface area contributed by atoms with Crippen molar-refractivity contribution in [2.45, 2.75) is 25.7 Å². The Hall–Kier alpha value is -5.82. The molecule has 0 radical (unpaired) electrons. The number of pyridine rings is 2. The Labute approximate surface area is 372 Å². The highest BCUT2D eigenvalue weighted by atomic mass is 35.5. The molecule has 0 aliphatic heterocycles. The van der Waals surface area contributed by atoms with Crippen LogP contribution in [0.2, 0.25) is 20.1 Å². The second-order valence-electron chi connectivity index (χ2n) is 13.8. The molecular weight excluding hydrogens is 871 g/mol. The molecule has 0 atom stereocenters. The minimum absolute atomic E-state index is 0.465. The Morgan fingerprint density at radius 3 is 1.35 bits per heavy atom. The van der Waals surface area contributed by atoms with Crippen LogP contribution in [0.3, 0.4) is 0 Å². The van der Waals surface area contributed by atoms with Crippen LogP contribution < -0.4 is 0 Å². The van der Waals surface area contributed by atoms with Gasteiger partial charge in [-0.3, -0.25) is 19.1 Å². The van der Waals surface area contributed by atoms with Crippen LogP contribution in [0.25, 0.3) is 76.1 Å². The van der Waals surface area contributed by atoms with Gasteiger partial charge in [-0.05, 0) is 95.4 Å². The molecule has 10 aromatic rings. The number of hydrogen-bond donors (Lipinski definition) is 0. The van der Waals surface area contributed by atoms with Crippen molar-refractivity contribution in [2.24, 2.45) is 0 Å². The van der Waals surface area contributed by atoms with E-state index in [0.717, 1.165) is 87.3 Å². The van der Waals surface area contributed by atoms with E-state index in [1.54, 1.807) is 47.7 Å². The van der Waals surface area contributed by atoms with E-state index in [9.17, 15) is 0 Å². The second kappa shape index (κ2) is 17.0. The molecule has 0 N–H and O–H groups in total. The van der Waals surface area contributed by atoms with Crippen LogP contribution in [0.4, 0.5) is 0 Å². The summed E-state index contributed by atoms with van der Waals surface area (Å²) in [5.74, 6) is 0. The fourth-order valence-corrected chi connectivity index (χ4v) is 9.97. The first kappa shape index (κ1) is 39.6. The Kier molecular flexibility index (Phi) is 11.3. The standard InChI is InChI=1S/2C23H14Cl2N4S/c2*24-17-11-19-16(10-15(17)22-4-2-8-30-22)23-20(12-27-19)28-13-29(23)21-6-5-14(3-1-7-26)9-18(21)25/h2*2,4-6,8-13H,1,3H2. The van der Waals surface area contributed by atoms with E-state index in [1.807, 2.05) is 80.6 Å². The van der Waals surface area contributed by atoms with Gasteiger partial charge in [0.2, 0.25) is 0 Å². The molecule has 0 saturated carbocycles. The molecule has 0 spiro atoms. The Bertz CT molecular complexity index is 3080. The maximum Gasteiger partial charge on any atom is 0.108 e. The van der Waals surface area contributed by atoms with E-state index < -0.39 is 0 Å². The highest BCUT2D eigenvalue weighted by Gasteiger charge is 2.18. The van der Waals surface area contributed by atoms with Gasteiger partial charge in [0, 0.05) is 44.5 Å². The summed E-state index contributed by atoms with van der Waals surface area (Å²) in [5, 5.41) is 26.2. The molecular formula is C46H28Cl4N8S2. The minimum atomic E-state index is 0.465. The summed E-state index contributed by atoms with van der Waals surface area (Å²) in [5.41, 5.74) is 10.7. The van der Waals surface area contributed by atoms with Crippen LogP contribution in [0, 0.1) is 22.7 Å². The zero-order chi connectivity index (χ0) is 41.3. The van der Waals surface area contributed by atoms with Gasteiger partial charge in [-0.25, -0.2) is 9.97 Å². The van der Waals surface area contributed by atoms with Crippen molar-refractivity contribution in [3.63, 3.8) is 0 Å². The molecule has 0 amide bonds. The molecule has 0 fully saturated rings. The first-order chi connectivity index (χ1) is 29.3. The van der Waals surface area contributed by atoms with Crippen LogP contribution >= 0.6 is 69.1 Å². The van der Waals surface area contributed by atoms with E-state index in [-0.39, 0.29) is 0 Å². The summed E-state index contributed by atoms with van der Waals surface area (Å²) < 4.78 is 3.98. The lowest BCUT2D eigenvalue weighted by atomic mass is 10.1. The van der Waals surface area contributed by atoms with E-state index in [0.29, 0.717) is 45.8 Å². The van der Waals surface area contributed by atoms with Crippen LogP contribution in [0.5, 0.6) is 0 Å². The lowest BCUT2D eigenvalue weighted by Crippen LogP contribution is -1.96. The molecule has 4 aromatic carbocycles. The number of nitriles is 2. The van der Waals surface area contributed by atoms with Gasteiger partial charge >= 0.3 is 0 Å². The highest BCUT2D eigenvalue weighted by molar-refractivity contribution is 7.14. The van der Waals surface area contributed by atoms with Crippen LogP contribution in [0.1, 0.15) is 24.0 Å². The van der Waals surface area contributed by atoms with Crippen molar-refractivity contribution < 1.29 is 0 Å². The smallest absolute Gasteiger partial charge is 0.108 e. The van der Waals surface area contributed by atoms with Gasteiger partial charge in [-0.1, -0.05) is 70.7 Å².